The molecule has 0 spiro atoms. The Morgan fingerprint density at radius 1 is 1.42 bits per heavy atom. The highest BCUT2D eigenvalue weighted by Crippen LogP contribution is 2.32. The number of nitrogens with one attached hydrogen (secondary N) is 1. The number of ketones is 1. The summed E-state index contributed by atoms with van der Waals surface area (Å²) in [5.41, 5.74) is -0.784. The first-order chi connectivity index (χ1) is 9.04. The number of aromatic nitrogens is 2. The average molecular weight is 264 g/mol. The lowest BCUT2D eigenvalue weighted by Gasteiger charge is -2.29. The third-order valence-electron chi connectivity index (χ3n) is 4.08. The van der Waals surface area contributed by atoms with Gasteiger partial charge in [0.05, 0.1) is 5.56 Å². The molecule has 2 atom stereocenters. The van der Waals surface area contributed by atoms with Crippen LogP contribution in [0.25, 0.3) is 0 Å². The van der Waals surface area contributed by atoms with Gasteiger partial charge in [0.15, 0.2) is 5.78 Å². The van der Waals surface area contributed by atoms with Crippen LogP contribution in [-0.4, -0.2) is 15.3 Å². The molecule has 0 bridgehead atoms. The van der Waals surface area contributed by atoms with Gasteiger partial charge < -0.3 is 4.98 Å². The number of H-pyrrole nitrogens is 1. The molecule has 5 heteroatoms. The Morgan fingerprint density at radius 3 is 2.79 bits per heavy atom. The van der Waals surface area contributed by atoms with E-state index in [1.807, 2.05) is 0 Å². The first kappa shape index (κ1) is 13.8. The number of aromatic amines is 1. The fraction of sp³-hybridized carbons (Fsp3) is 0.643. The van der Waals surface area contributed by atoms with Gasteiger partial charge in [-0.1, -0.05) is 26.2 Å². The van der Waals surface area contributed by atoms with E-state index in [4.69, 9.17) is 0 Å². The molecule has 2 unspecified atom stereocenters. The van der Waals surface area contributed by atoms with Gasteiger partial charge in [0, 0.05) is 12.2 Å². The van der Waals surface area contributed by atoms with E-state index in [1.165, 1.54) is 17.7 Å². The fourth-order valence-electron chi connectivity index (χ4n) is 2.94. The maximum atomic E-state index is 12.2. The second-order valence-electron chi connectivity index (χ2n) is 5.33. The number of hydrogen-bond acceptors (Lipinski definition) is 3. The molecule has 0 saturated heterocycles. The predicted molar refractivity (Wildman–Crippen MR) is 72.6 cm³/mol. The van der Waals surface area contributed by atoms with Crippen LogP contribution < -0.4 is 11.2 Å². The maximum absolute atomic E-state index is 12.2. The van der Waals surface area contributed by atoms with E-state index in [9.17, 15) is 14.4 Å². The van der Waals surface area contributed by atoms with Crippen LogP contribution in [0.4, 0.5) is 0 Å². The third-order valence-corrected chi connectivity index (χ3v) is 4.08. The molecular weight excluding hydrogens is 244 g/mol. The normalized spacial score (nSPS) is 23.3. The molecule has 1 fully saturated rings. The molecule has 1 aromatic rings. The Labute approximate surface area is 111 Å². The summed E-state index contributed by atoms with van der Waals surface area (Å²) in [5.74, 6) is 0.254. The van der Waals surface area contributed by atoms with Crippen LogP contribution in [0.3, 0.4) is 0 Å². The van der Waals surface area contributed by atoms with E-state index in [-0.39, 0.29) is 17.4 Å². The molecule has 1 saturated carbocycles. The summed E-state index contributed by atoms with van der Waals surface area (Å²) < 4.78 is 1.25. The highest BCUT2D eigenvalue weighted by molar-refractivity contribution is 5.93. The van der Waals surface area contributed by atoms with Crippen molar-refractivity contribution in [1.29, 1.82) is 0 Å². The van der Waals surface area contributed by atoms with E-state index < -0.39 is 11.2 Å². The fourth-order valence-corrected chi connectivity index (χ4v) is 2.94. The van der Waals surface area contributed by atoms with Crippen molar-refractivity contribution in [3.63, 3.8) is 0 Å². The van der Waals surface area contributed by atoms with Crippen molar-refractivity contribution in [2.24, 2.45) is 5.92 Å². The van der Waals surface area contributed by atoms with E-state index in [0.717, 1.165) is 32.1 Å². The summed E-state index contributed by atoms with van der Waals surface area (Å²) >= 11 is 0. The molecule has 2 rings (SSSR count). The predicted octanol–water partition coefficient (Wildman–Crippen LogP) is 1.88. The van der Waals surface area contributed by atoms with Crippen molar-refractivity contribution in [2.45, 2.75) is 52.0 Å². The van der Waals surface area contributed by atoms with Crippen LogP contribution in [-0.2, 0) is 0 Å². The summed E-state index contributed by atoms with van der Waals surface area (Å²) in [5, 5.41) is 0. The summed E-state index contributed by atoms with van der Waals surface area (Å²) in [6.45, 7) is 3.47. The Kier molecular flexibility index (Phi) is 4.02. The monoisotopic (exact) mass is 264 g/mol. The summed E-state index contributed by atoms with van der Waals surface area (Å²) in [6.07, 6.45) is 6.16. The third kappa shape index (κ3) is 2.69. The molecule has 19 heavy (non-hydrogen) atoms. The van der Waals surface area contributed by atoms with Crippen LogP contribution in [0.15, 0.2) is 15.8 Å². The van der Waals surface area contributed by atoms with Gasteiger partial charge in [-0.15, -0.1) is 0 Å². The molecule has 0 amide bonds. The van der Waals surface area contributed by atoms with Crippen molar-refractivity contribution in [1.82, 2.24) is 9.55 Å². The van der Waals surface area contributed by atoms with Crippen LogP contribution in [0, 0.1) is 5.92 Å². The number of rotatable bonds is 3. The molecule has 104 valence electrons. The minimum absolute atomic E-state index is 0.0678. The van der Waals surface area contributed by atoms with Crippen molar-refractivity contribution < 1.29 is 4.79 Å². The molecule has 0 radical (unpaired) electrons. The molecule has 1 aliphatic rings. The molecule has 1 aliphatic carbocycles. The van der Waals surface area contributed by atoms with Gasteiger partial charge >= 0.3 is 5.69 Å². The zero-order valence-corrected chi connectivity index (χ0v) is 11.4. The van der Waals surface area contributed by atoms with Crippen molar-refractivity contribution in [3.8, 4) is 0 Å². The molecule has 1 heterocycles. The number of carbonyl (C=O) groups is 1. The smallest absolute Gasteiger partial charge is 0.313 e. The lowest BCUT2D eigenvalue weighted by Crippen LogP contribution is -2.41. The van der Waals surface area contributed by atoms with Gasteiger partial charge in [-0.2, -0.15) is 0 Å². The van der Waals surface area contributed by atoms with Gasteiger partial charge in [0.1, 0.15) is 0 Å². The minimum atomic E-state index is -0.446. The van der Waals surface area contributed by atoms with Crippen LogP contribution in [0.5, 0.6) is 0 Å². The second kappa shape index (κ2) is 5.55. The van der Waals surface area contributed by atoms with Crippen LogP contribution >= 0.6 is 0 Å². The highest BCUT2D eigenvalue weighted by Gasteiger charge is 2.25. The van der Waals surface area contributed by atoms with Gasteiger partial charge in [0.25, 0.3) is 5.56 Å². The molecular formula is C14H20N2O3. The van der Waals surface area contributed by atoms with Crippen LogP contribution in [0.2, 0.25) is 0 Å². The maximum Gasteiger partial charge on any atom is 0.328 e. The van der Waals surface area contributed by atoms with E-state index in [2.05, 4.69) is 11.9 Å². The largest absolute Gasteiger partial charge is 0.328 e. The lowest BCUT2D eigenvalue weighted by molar-refractivity contribution is 0.101. The number of Topliss-reactive ketones (excluding diaryl/α,β-unsaturated/α-hetero) is 1. The van der Waals surface area contributed by atoms with Crippen molar-refractivity contribution in [3.05, 3.63) is 32.6 Å². The minimum Gasteiger partial charge on any atom is -0.313 e. The van der Waals surface area contributed by atoms with Gasteiger partial charge in [-0.25, -0.2) is 4.79 Å². The highest BCUT2D eigenvalue weighted by atomic mass is 16.2. The Hall–Kier alpha value is -1.65. The zero-order chi connectivity index (χ0) is 14.0. The van der Waals surface area contributed by atoms with E-state index in [1.54, 1.807) is 0 Å². The van der Waals surface area contributed by atoms with Crippen molar-refractivity contribution >= 4 is 5.78 Å². The number of carbonyl (C=O) groups excluding carboxylic acids is 1. The molecule has 1 aromatic heterocycles. The first-order valence-corrected chi connectivity index (χ1v) is 6.89. The zero-order valence-electron chi connectivity index (χ0n) is 11.4. The molecule has 1 N–H and O–H groups in total. The lowest BCUT2D eigenvalue weighted by atomic mass is 9.84. The summed E-state index contributed by atoms with van der Waals surface area (Å²) in [7, 11) is 0. The number of hydrogen-bond donors (Lipinski definition) is 1. The number of nitrogens with zero attached hydrogens (tertiary/aromatic N) is 1. The van der Waals surface area contributed by atoms with Gasteiger partial charge in [-0.3, -0.25) is 14.2 Å². The molecule has 0 aromatic carbocycles. The van der Waals surface area contributed by atoms with E-state index >= 15 is 0 Å². The van der Waals surface area contributed by atoms with Crippen molar-refractivity contribution in [2.75, 3.05) is 0 Å². The topological polar surface area (TPSA) is 71.9 Å². The summed E-state index contributed by atoms with van der Waals surface area (Å²) in [6, 6.07) is -0.0748. The van der Waals surface area contributed by atoms with Gasteiger partial charge in [-0.05, 0) is 25.7 Å². The Balaban J connectivity index is 2.44. The average Bonchev–Trinajstić information content (AvgIpc) is 2.38. The van der Waals surface area contributed by atoms with Crippen LogP contribution in [0.1, 0.15) is 62.4 Å². The second-order valence-corrected chi connectivity index (χ2v) is 5.33. The molecule has 5 nitrogen and oxygen atoms in total. The SMILES string of the molecule is CCC1CCCC(n2c(=O)[nH]cc(C(C)=O)c2=O)C1. The quantitative estimate of drug-likeness (QED) is 0.847. The summed E-state index contributed by atoms with van der Waals surface area (Å²) in [4.78, 5) is 38.1. The Bertz CT molecular complexity index is 585. The van der Waals surface area contributed by atoms with E-state index in [0.29, 0.717) is 5.92 Å². The first-order valence-electron chi connectivity index (χ1n) is 6.89. The Morgan fingerprint density at radius 2 is 2.16 bits per heavy atom. The molecule has 0 aliphatic heterocycles. The van der Waals surface area contributed by atoms with Gasteiger partial charge in [0.2, 0.25) is 0 Å². The standard InChI is InChI=1S/C14H20N2O3/c1-3-10-5-4-6-11(7-10)16-13(18)12(9(2)17)8-15-14(16)19/h8,10-11H,3-7H2,1-2H3,(H,15,19).